The number of rotatable bonds is 7. The Morgan fingerprint density at radius 3 is 2.20 bits per heavy atom. The number of sulfonamides is 1. The summed E-state index contributed by atoms with van der Waals surface area (Å²) in [6.07, 6.45) is -0.765. The molecule has 0 fully saturated rings. The third-order valence-corrected chi connectivity index (χ3v) is 5.89. The number of carbonyl (C=O) groups is 1. The molecule has 30 heavy (non-hydrogen) atoms. The van der Waals surface area contributed by atoms with Crippen LogP contribution >= 0.6 is 23.2 Å². The van der Waals surface area contributed by atoms with Crippen molar-refractivity contribution in [2.75, 3.05) is 10.0 Å². The molecule has 0 heterocycles. The van der Waals surface area contributed by atoms with Gasteiger partial charge in [-0.25, -0.2) is 8.42 Å². The summed E-state index contributed by atoms with van der Waals surface area (Å²) >= 11 is 11.7. The van der Waals surface area contributed by atoms with E-state index in [1.165, 1.54) is 30.3 Å². The quantitative estimate of drug-likeness (QED) is 0.503. The highest BCUT2D eigenvalue weighted by Crippen LogP contribution is 2.21. The first-order valence-electron chi connectivity index (χ1n) is 8.84. The number of ether oxygens (including phenoxy) is 1. The maximum Gasteiger partial charge on any atom is 0.265 e. The maximum absolute atomic E-state index is 12.5. The van der Waals surface area contributed by atoms with Crippen LogP contribution in [-0.4, -0.2) is 20.4 Å². The number of hydrogen-bond acceptors (Lipinski definition) is 4. The summed E-state index contributed by atoms with van der Waals surface area (Å²) in [6, 6.07) is 18.9. The van der Waals surface area contributed by atoms with Gasteiger partial charge < -0.3 is 10.1 Å². The summed E-state index contributed by atoms with van der Waals surface area (Å²) < 4.78 is 33.0. The molecule has 3 rings (SSSR count). The molecular weight excluding hydrogens is 447 g/mol. The highest BCUT2D eigenvalue weighted by Gasteiger charge is 2.17. The zero-order valence-electron chi connectivity index (χ0n) is 15.8. The van der Waals surface area contributed by atoms with Crippen molar-refractivity contribution >= 4 is 50.5 Å². The molecule has 3 aromatic rings. The molecule has 0 saturated heterocycles. The topological polar surface area (TPSA) is 84.5 Å². The molecule has 2 N–H and O–H groups in total. The maximum atomic E-state index is 12.5. The highest BCUT2D eigenvalue weighted by molar-refractivity contribution is 7.92. The van der Waals surface area contributed by atoms with E-state index in [-0.39, 0.29) is 10.8 Å². The van der Waals surface area contributed by atoms with Gasteiger partial charge in [0.25, 0.3) is 15.9 Å². The summed E-state index contributed by atoms with van der Waals surface area (Å²) in [5, 5.41) is 3.67. The van der Waals surface area contributed by atoms with Crippen molar-refractivity contribution in [1.29, 1.82) is 0 Å². The van der Waals surface area contributed by atoms with Crippen molar-refractivity contribution in [2.45, 2.75) is 17.9 Å². The number of hydrogen-bond donors (Lipinski definition) is 2. The first kappa shape index (κ1) is 22.0. The average molecular weight is 465 g/mol. The van der Waals surface area contributed by atoms with Gasteiger partial charge in [0.15, 0.2) is 6.10 Å². The molecule has 0 aliphatic rings. The van der Waals surface area contributed by atoms with Crippen LogP contribution in [0.15, 0.2) is 77.7 Å². The fourth-order valence-electron chi connectivity index (χ4n) is 2.50. The first-order chi connectivity index (χ1) is 14.2. The van der Waals surface area contributed by atoms with Crippen LogP contribution in [0.25, 0.3) is 0 Å². The van der Waals surface area contributed by atoms with Gasteiger partial charge in [0.2, 0.25) is 0 Å². The van der Waals surface area contributed by atoms with E-state index in [2.05, 4.69) is 10.0 Å². The largest absolute Gasteiger partial charge is 0.481 e. The molecule has 0 saturated carbocycles. The molecule has 0 aliphatic heterocycles. The van der Waals surface area contributed by atoms with Gasteiger partial charge in [-0.15, -0.1) is 0 Å². The van der Waals surface area contributed by atoms with E-state index >= 15 is 0 Å². The predicted octanol–water partition coefficient (Wildman–Crippen LogP) is 5.20. The van der Waals surface area contributed by atoms with E-state index in [0.29, 0.717) is 27.2 Å². The number of carbonyl (C=O) groups excluding carboxylic acids is 1. The Morgan fingerprint density at radius 1 is 0.900 bits per heavy atom. The number of nitrogens with one attached hydrogen (secondary N) is 2. The van der Waals surface area contributed by atoms with Crippen LogP contribution < -0.4 is 14.8 Å². The van der Waals surface area contributed by atoms with Crippen LogP contribution in [0.5, 0.6) is 5.75 Å². The highest BCUT2D eigenvalue weighted by atomic mass is 35.5. The van der Waals surface area contributed by atoms with Gasteiger partial charge in [-0.3, -0.25) is 9.52 Å². The van der Waals surface area contributed by atoms with Crippen molar-refractivity contribution in [2.24, 2.45) is 0 Å². The van der Waals surface area contributed by atoms with Crippen molar-refractivity contribution in [1.82, 2.24) is 0 Å². The third kappa shape index (κ3) is 5.89. The normalized spacial score (nSPS) is 12.1. The molecule has 0 bridgehead atoms. The molecule has 0 radical (unpaired) electrons. The molecule has 9 heteroatoms. The lowest BCUT2D eigenvalue weighted by Crippen LogP contribution is -2.30. The van der Waals surface area contributed by atoms with Crippen molar-refractivity contribution in [3.63, 3.8) is 0 Å². The smallest absolute Gasteiger partial charge is 0.265 e. The van der Waals surface area contributed by atoms with Gasteiger partial charge in [0, 0.05) is 15.7 Å². The fourth-order valence-corrected chi connectivity index (χ4v) is 3.86. The summed E-state index contributed by atoms with van der Waals surface area (Å²) in [6.45, 7) is 1.61. The van der Waals surface area contributed by atoms with Gasteiger partial charge in [-0.1, -0.05) is 29.3 Å². The van der Waals surface area contributed by atoms with Crippen molar-refractivity contribution in [3.05, 3.63) is 82.8 Å². The average Bonchev–Trinajstić information content (AvgIpc) is 2.70. The summed E-state index contributed by atoms with van der Waals surface area (Å²) in [5.74, 6) is 0.133. The van der Waals surface area contributed by atoms with Crippen molar-refractivity contribution < 1.29 is 17.9 Å². The zero-order chi connectivity index (χ0) is 21.7. The Bertz CT molecular complexity index is 1130. The third-order valence-electron chi connectivity index (χ3n) is 4.00. The first-order valence-corrected chi connectivity index (χ1v) is 11.1. The second kappa shape index (κ2) is 9.38. The van der Waals surface area contributed by atoms with Gasteiger partial charge in [-0.2, -0.15) is 0 Å². The van der Waals surface area contributed by atoms with E-state index in [9.17, 15) is 13.2 Å². The molecular formula is C21H18Cl2N2O4S. The Balaban J connectivity index is 1.63. The minimum Gasteiger partial charge on any atom is -0.481 e. The molecule has 156 valence electrons. The minimum atomic E-state index is -3.79. The van der Waals surface area contributed by atoms with Gasteiger partial charge in [-0.05, 0) is 73.7 Å². The lowest BCUT2D eigenvalue weighted by molar-refractivity contribution is -0.122. The van der Waals surface area contributed by atoms with Crippen molar-refractivity contribution in [3.8, 4) is 5.75 Å². The zero-order valence-corrected chi connectivity index (χ0v) is 18.1. The van der Waals surface area contributed by atoms with Crippen LogP contribution in [0, 0.1) is 0 Å². The number of amides is 1. The second-order valence-electron chi connectivity index (χ2n) is 6.34. The summed E-state index contributed by atoms with van der Waals surface area (Å²) in [7, 11) is -3.79. The van der Waals surface area contributed by atoms with E-state index in [4.69, 9.17) is 27.9 Å². The Kier molecular flexibility index (Phi) is 6.87. The van der Waals surface area contributed by atoms with Gasteiger partial charge in [0.1, 0.15) is 5.75 Å². The predicted molar refractivity (Wildman–Crippen MR) is 119 cm³/mol. The Hall–Kier alpha value is -2.74. The van der Waals surface area contributed by atoms with Crippen LogP contribution in [0.3, 0.4) is 0 Å². The van der Waals surface area contributed by atoms with Gasteiger partial charge in [0.05, 0.1) is 10.6 Å². The molecule has 1 amide bonds. The van der Waals surface area contributed by atoms with E-state index in [0.717, 1.165) is 0 Å². The van der Waals surface area contributed by atoms with E-state index in [1.54, 1.807) is 49.4 Å². The minimum absolute atomic E-state index is 0.0472. The second-order valence-corrected chi connectivity index (χ2v) is 8.90. The molecule has 0 aliphatic carbocycles. The standard InChI is InChI=1S/C21H18Cl2N2O4S/c1-14(29-19-9-5-15(22)6-10-19)21(26)24-17-7-11-20(12-8-17)30(27,28)25-18-4-2-3-16(23)13-18/h2-14,25H,1H3,(H,24,26)/t14-/m1/s1. The fraction of sp³-hybridized carbons (Fsp3) is 0.0952. The number of benzene rings is 3. The molecule has 0 spiro atoms. The Labute approximate surface area is 184 Å². The van der Waals surface area contributed by atoms with E-state index in [1.807, 2.05) is 0 Å². The molecule has 3 aromatic carbocycles. The SMILES string of the molecule is C[C@@H](Oc1ccc(Cl)cc1)C(=O)Nc1ccc(S(=O)(=O)Nc2cccc(Cl)c2)cc1. The lowest BCUT2D eigenvalue weighted by atomic mass is 10.3. The molecule has 1 atom stereocenters. The molecule has 6 nitrogen and oxygen atoms in total. The lowest BCUT2D eigenvalue weighted by Gasteiger charge is -2.15. The van der Waals surface area contributed by atoms with Gasteiger partial charge >= 0.3 is 0 Å². The van der Waals surface area contributed by atoms with Crippen LogP contribution in [0.2, 0.25) is 10.0 Å². The molecule has 0 unspecified atom stereocenters. The van der Waals surface area contributed by atoms with E-state index < -0.39 is 16.1 Å². The number of anilines is 2. The van der Waals surface area contributed by atoms with Crippen LogP contribution in [0.4, 0.5) is 11.4 Å². The van der Waals surface area contributed by atoms with Crippen LogP contribution in [-0.2, 0) is 14.8 Å². The Morgan fingerprint density at radius 2 is 1.57 bits per heavy atom. The van der Waals surface area contributed by atoms with Crippen LogP contribution in [0.1, 0.15) is 6.92 Å². The molecule has 0 aromatic heterocycles. The summed E-state index contributed by atoms with van der Waals surface area (Å²) in [4.78, 5) is 12.4. The number of halogens is 2. The summed E-state index contributed by atoms with van der Waals surface area (Å²) in [5.41, 5.74) is 0.793. The monoisotopic (exact) mass is 464 g/mol.